The number of phenols is 1. The van der Waals surface area contributed by atoms with Crippen molar-refractivity contribution in [3.05, 3.63) is 51.5 Å². The number of amides is 1. The number of benzene rings is 1. The highest BCUT2D eigenvalue weighted by atomic mass is 16.8. The number of hydrogen-bond donors (Lipinski definition) is 5. The number of carboxylic acid groups (broad SMARTS) is 1. The molecule has 9 aliphatic rings. The molecular weight excluding hydrogens is 1130 g/mol. The third-order valence-corrected chi connectivity index (χ3v) is 18.2. The standard InChI is InChI=1S/C60H79NO25/c1-24(58(70)71)59(72)84-40-13-18-45(77-30(40)7)82-37-11-16-43(75-27(37)4)81-36-10-17-44(76-26(36)3)83-38-12-19-46(78-28(38)5)85-54-33-22-31-21-32-49(35(63)23-41(73-8)51(32)64)52(65)48(31)55(67)60(33,56(68)50(53(54)66)57(61)69)86-47-20-14-39(29(6)79-47)80-42-15-9-34(62)25(2)74-42/h21,23-30,33-34,36-40,42-47,54,62,65,68H,9-20,22H2,1-8H3,(H2,61,69)(H,70,71)/t24?,25-,26+,27+,28-,29-,30+,33-,34+,36+,37+,38+,39+,40+,42+,43+,44+,45+,46+,47+,54-,60-/m1/s1. The highest BCUT2D eigenvalue weighted by Gasteiger charge is 2.66. The van der Waals surface area contributed by atoms with E-state index in [2.05, 4.69) is 0 Å². The molecule has 6 saturated heterocycles. The number of aromatic hydroxyl groups is 1. The fourth-order valence-electron chi connectivity index (χ4n) is 13.2. The zero-order chi connectivity index (χ0) is 61.8. The Labute approximate surface area is 496 Å². The number of rotatable bonds is 17. The normalized spacial score (nSPS) is 39.8. The van der Waals surface area contributed by atoms with Gasteiger partial charge in [0, 0.05) is 56.1 Å². The second-order valence-electron chi connectivity index (χ2n) is 24.0. The minimum Gasteiger partial charge on any atom is -0.508 e. The molecule has 0 aromatic heterocycles. The molecule has 1 aromatic rings. The van der Waals surface area contributed by atoms with E-state index in [1.807, 2.05) is 13.8 Å². The van der Waals surface area contributed by atoms with Crippen molar-refractivity contribution < 1.29 is 120 Å². The van der Waals surface area contributed by atoms with Crippen molar-refractivity contribution in [3.63, 3.8) is 0 Å². The van der Waals surface area contributed by atoms with Crippen molar-refractivity contribution in [2.75, 3.05) is 7.11 Å². The molecular formula is C60H79NO25. The number of hydrogen-bond acceptors (Lipinski definition) is 24. The Kier molecular flexibility index (Phi) is 19.3. The number of allylic oxidation sites excluding steroid dienone is 2. The zero-order valence-corrected chi connectivity index (χ0v) is 49.4. The van der Waals surface area contributed by atoms with Crippen LogP contribution in [-0.4, -0.2) is 191 Å². The topological polar surface area (TPSA) is 356 Å². The fourth-order valence-corrected chi connectivity index (χ4v) is 13.2. The number of nitrogens with two attached hydrogens (primary N) is 1. The van der Waals surface area contributed by atoms with Crippen LogP contribution in [0.1, 0.15) is 162 Å². The van der Waals surface area contributed by atoms with E-state index in [1.54, 1.807) is 27.7 Å². The summed E-state index contributed by atoms with van der Waals surface area (Å²) in [6, 6.07) is 1.25. The van der Waals surface area contributed by atoms with E-state index in [-0.39, 0.29) is 54.5 Å². The minimum atomic E-state index is -2.73. The monoisotopic (exact) mass is 1210 g/mol. The molecule has 1 aromatic carbocycles. The number of aliphatic hydroxyl groups excluding tert-OH is 2. The molecule has 6 N–H and O–H groups in total. The van der Waals surface area contributed by atoms with Crippen LogP contribution in [0.25, 0.3) is 0 Å². The molecule has 474 valence electrons. The number of ether oxygens (including phenoxy) is 14. The van der Waals surface area contributed by atoms with Crippen LogP contribution in [0, 0.1) is 11.8 Å². The molecule has 86 heavy (non-hydrogen) atoms. The van der Waals surface area contributed by atoms with Gasteiger partial charge in [0.05, 0.1) is 85.4 Å². The number of carboxylic acids is 1. The Morgan fingerprint density at radius 3 is 1.51 bits per heavy atom. The van der Waals surface area contributed by atoms with Gasteiger partial charge in [0.1, 0.15) is 29.3 Å². The fraction of sp³-hybridized carbons (Fsp3) is 0.717. The molecule has 26 nitrogen and oxygen atoms in total. The minimum absolute atomic E-state index is 0.000661. The van der Waals surface area contributed by atoms with Gasteiger partial charge in [0.2, 0.25) is 17.3 Å². The lowest BCUT2D eigenvalue weighted by atomic mass is 9.62. The second kappa shape index (κ2) is 26.0. The molecule has 1 amide bonds. The van der Waals surface area contributed by atoms with E-state index >= 15 is 4.79 Å². The highest BCUT2D eigenvalue weighted by Crippen LogP contribution is 2.52. The predicted octanol–water partition coefficient (Wildman–Crippen LogP) is 4.36. The molecule has 0 bridgehead atoms. The smallest absolute Gasteiger partial charge is 0.320 e. The Morgan fingerprint density at radius 1 is 0.616 bits per heavy atom. The zero-order valence-electron chi connectivity index (χ0n) is 49.4. The molecule has 0 spiro atoms. The Bertz CT molecular complexity index is 2850. The Hall–Kier alpha value is -5.33. The van der Waals surface area contributed by atoms with Crippen LogP contribution >= 0.6 is 0 Å². The number of fused-ring (bicyclic) bond motifs is 3. The number of ketones is 4. The maximum Gasteiger partial charge on any atom is 0.320 e. The van der Waals surface area contributed by atoms with Crippen molar-refractivity contribution in [2.24, 2.45) is 17.6 Å². The summed E-state index contributed by atoms with van der Waals surface area (Å²) in [6.45, 7) is 12.0. The van der Waals surface area contributed by atoms with Gasteiger partial charge in [-0.2, -0.15) is 0 Å². The van der Waals surface area contributed by atoms with Crippen molar-refractivity contribution >= 4 is 41.0 Å². The second-order valence-corrected chi connectivity index (χ2v) is 24.0. The molecule has 3 aliphatic carbocycles. The van der Waals surface area contributed by atoms with Crippen molar-refractivity contribution in [2.45, 2.75) is 255 Å². The number of Topliss-reactive ketones (excluding diaryl/α,β-unsaturated/α-hetero) is 3. The quantitative estimate of drug-likeness (QED) is 0.0821. The van der Waals surface area contributed by atoms with Crippen LogP contribution in [0.5, 0.6) is 5.75 Å². The van der Waals surface area contributed by atoms with E-state index in [4.69, 9.17) is 77.2 Å². The first-order chi connectivity index (χ1) is 40.9. The number of aliphatic hydroxyl groups is 2. The van der Waals surface area contributed by atoms with E-state index in [1.165, 1.54) is 20.1 Å². The molecule has 6 fully saturated rings. The summed E-state index contributed by atoms with van der Waals surface area (Å²) in [5.41, 5.74) is 0.852. The number of esters is 1. The number of carbonyl (C=O) groups is 7. The van der Waals surface area contributed by atoms with E-state index in [9.17, 15) is 44.1 Å². The van der Waals surface area contributed by atoms with Gasteiger partial charge in [-0.25, -0.2) is 0 Å². The predicted molar refractivity (Wildman–Crippen MR) is 290 cm³/mol. The molecule has 1 unspecified atom stereocenters. The van der Waals surface area contributed by atoms with Crippen molar-refractivity contribution in [3.8, 4) is 5.75 Å². The first-order valence-electron chi connectivity index (χ1n) is 29.9. The van der Waals surface area contributed by atoms with Crippen LogP contribution in [-0.2, 0) is 91.9 Å². The van der Waals surface area contributed by atoms with E-state index in [0.717, 1.165) is 6.08 Å². The van der Waals surface area contributed by atoms with Gasteiger partial charge in [-0.1, -0.05) is 0 Å². The van der Waals surface area contributed by atoms with E-state index < -0.39 is 192 Å². The lowest BCUT2D eigenvalue weighted by Gasteiger charge is -2.50. The molecule has 6 heterocycles. The van der Waals surface area contributed by atoms with Gasteiger partial charge in [0.25, 0.3) is 5.91 Å². The Balaban J connectivity index is 0.785. The summed E-state index contributed by atoms with van der Waals surface area (Å²) < 4.78 is 86.5. The average molecular weight is 1210 g/mol. The number of carbonyl (C=O) groups excluding carboxylic acids is 6. The van der Waals surface area contributed by atoms with Crippen LogP contribution < -0.4 is 5.73 Å². The number of primary amides is 1. The maximum absolute atomic E-state index is 15.6. The SMILES string of the molecule is COC1=CC(=O)c2c(cc3c(c2O)C(=O)[C@@]2(O[C@H]4CC[C@H](O[C@H]5CC[C@H](O)[C@@H](C)O5)[C@@H](C)O4)C(O)=C(C(N)=O)C(=O)[C@H](O[C@H]4CC[C@H](O[C@H]5CC[C@H](O[C@H]6CC[C@H](O[C@H]7CC[C@H](OC(=O)C(C)C(=O)O)[C@H](C)O7)[C@H](C)O6)[C@H](C)O5)[C@@H](C)O4)[C@H]2C3)C1=O. The van der Waals surface area contributed by atoms with Gasteiger partial charge in [-0.3, -0.25) is 33.6 Å². The largest absolute Gasteiger partial charge is 0.508 e. The third kappa shape index (κ3) is 12.7. The van der Waals surface area contributed by atoms with Gasteiger partial charge in [-0.05, 0) is 105 Å². The molecule has 6 aliphatic heterocycles. The van der Waals surface area contributed by atoms with Crippen molar-refractivity contribution in [1.29, 1.82) is 0 Å². The van der Waals surface area contributed by atoms with Gasteiger partial charge in [0.15, 0.2) is 60.8 Å². The summed E-state index contributed by atoms with van der Waals surface area (Å²) in [4.78, 5) is 94.3. The lowest BCUT2D eigenvalue weighted by molar-refractivity contribution is -0.316. The molecule has 0 saturated carbocycles. The molecule has 0 radical (unpaired) electrons. The van der Waals surface area contributed by atoms with Gasteiger partial charge < -0.3 is 92.5 Å². The lowest BCUT2D eigenvalue weighted by Crippen LogP contribution is -2.65. The average Bonchev–Trinajstić information content (AvgIpc) is 0.699. The highest BCUT2D eigenvalue weighted by molar-refractivity contribution is 6.28. The van der Waals surface area contributed by atoms with Gasteiger partial charge in [-0.15, -0.1) is 0 Å². The van der Waals surface area contributed by atoms with Crippen molar-refractivity contribution in [1.82, 2.24) is 0 Å². The first-order valence-corrected chi connectivity index (χ1v) is 29.9. The number of phenolic OH excluding ortho intramolecular Hbond substituents is 1. The summed E-state index contributed by atoms with van der Waals surface area (Å²) in [7, 11) is 1.20. The summed E-state index contributed by atoms with van der Waals surface area (Å²) in [5.74, 6) is -12.5. The van der Waals surface area contributed by atoms with Crippen LogP contribution in [0.4, 0.5) is 0 Å². The van der Waals surface area contributed by atoms with Crippen LogP contribution in [0.3, 0.4) is 0 Å². The molecule has 10 rings (SSSR count). The van der Waals surface area contributed by atoms with Crippen LogP contribution in [0.15, 0.2) is 29.2 Å². The first kappa shape index (κ1) is 63.7. The molecule has 26 heteroatoms. The van der Waals surface area contributed by atoms with Crippen LogP contribution in [0.2, 0.25) is 0 Å². The number of methoxy groups -OCH3 is 1. The van der Waals surface area contributed by atoms with E-state index in [0.29, 0.717) is 57.8 Å². The molecule has 22 atom stereocenters. The maximum atomic E-state index is 15.6. The number of aliphatic carboxylic acids is 1. The summed E-state index contributed by atoms with van der Waals surface area (Å²) >= 11 is 0. The van der Waals surface area contributed by atoms with Gasteiger partial charge >= 0.3 is 11.9 Å². The Morgan fingerprint density at radius 2 is 1.06 bits per heavy atom. The summed E-state index contributed by atoms with van der Waals surface area (Å²) in [5, 5.41) is 43.7. The third-order valence-electron chi connectivity index (χ3n) is 18.2. The summed E-state index contributed by atoms with van der Waals surface area (Å²) in [6.07, 6.45) is -7.55.